The van der Waals surface area contributed by atoms with Crippen molar-refractivity contribution < 1.29 is 34.2 Å². The lowest BCUT2D eigenvalue weighted by atomic mass is 9.39. The molecular formula is C30H36O7. The molecule has 7 heteroatoms. The van der Waals surface area contributed by atoms with Crippen LogP contribution in [0, 0.1) is 34.5 Å². The highest BCUT2D eigenvalue weighted by Gasteiger charge is 2.76. The van der Waals surface area contributed by atoms with Crippen LogP contribution in [0.5, 0.6) is 5.75 Å². The normalized spacial score (nSPS) is 38.0. The molecule has 0 heterocycles. The van der Waals surface area contributed by atoms with E-state index in [1.807, 2.05) is 13.0 Å². The van der Waals surface area contributed by atoms with Gasteiger partial charge in [0.15, 0.2) is 28.7 Å². The Morgan fingerprint density at radius 1 is 1.03 bits per heavy atom. The summed E-state index contributed by atoms with van der Waals surface area (Å²) in [4.78, 5) is 68.0. The van der Waals surface area contributed by atoms with Gasteiger partial charge in [-0.15, -0.1) is 0 Å². The summed E-state index contributed by atoms with van der Waals surface area (Å²) in [5.74, 6) is -8.21. The van der Waals surface area contributed by atoms with E-state index in [9.17, 15) is 34.2 Å². The molecule has 0 aliphatic heterocycles. The first-order chi connectivity index (χ1) is 17.2. The number of benzene rings is 1. The lowest BCUT2D eigenvalue weighted by Crippen LogP contribution is -2.76. The van der Waals surface area contributed by atoms with Crippen LogP contribution >= 0.6 is 0 Å². The van der Waals surface area contributed by atoms with Crippen LogP contribution in [0.2, 0.25) is 0 Å². The number of rotatable bonds is 3. The molecule has 3 saturated carbocycles. The minimum atomic E-state index is -2.65. The fourth-order valence-corrected chi connectivity index (χ4v) is 8.78. The summed E-state index contributed by atoms with van der Waals surface area (Å²) < 4.78 is 0. The van der Waals surface area contributed by atoms with Crippen molar-refractivity contribution in [3.8, 4) is 5.75 Å². The Bertz CT molecular complexity index is 1250. The number of phenols is 1. The summed E-state index contributed by atoms with van der Waals surface area (Å²) >= 11 is 0. The molecule has 6 atom stereocenters. The monoisotopic (exact) mass is 508 g/mol. The Morgan fingerprint density at radius 3 is 2.22 bits per heavy atom. The lowest BCUT2D eigenvalue weighted by molar-refractivity contribution is -0.205. The predicted octanol–water partition coefficient (Wildman–Crippen LogP) is 3.75. The number of aliphatic hydroxyl groups is 1. The van der Waals surface area contributed by atoms with Crippen molar-refractivity contribution in [1.82, 2.24) is 0 Å². The Balaban J connectivity index is 1.72. The maximum absolute atomic E-state index is 14.3. The van der Waals surface area contributed by atoms with Gasteiger partial charge in [0, 0.05) is 11.3 Å². The van der Waals surface area contributed by atoms with E-state index in [1.165, 1.54) is 6.07 Å². The zero-order valence-corrected chi connectivity index (χ0v) is 22.2. The van der Waals surface area contributed by atoms with Crippen molar-refractivity contribution in [2.24, 2.45) is 34.5 Å². The Kier molecular flexibility index (Phi) is 5.73. The number of hydrogen-bond donors (Lipinski definition) is 2. The number of hydrogen-bond acceptors (Lipinski definition) is 7. The second kappa shape index (κ2) is 8.16. The molecular weight excluding hydrogens is 472 g/mol. The average Bonchev–Trinajstić information content (AvgIpc) is 3.30. The number of fused-ring (bicyclic) bond motifs is 3. The van der Waals surface area contributed by atoms with Gasteiger partial charge in [0.1, 0.15) is 17.5 Å². The van der Waals surface area contributed by atoms with Crippen molar-refractivity contribution in [1.29, 1.82) is 0 Å². The summed E-state index contributed by atoms with van der Waals surface area (Å²) in [7, 11) is 0. The third-order valence-corrected chi connectivity index (χ3v) is 10.1. The first kappa shape index (κ1) is 26.0. The van der Waals surface area contributed by atoms with E-state index in [0.29, 0.717) is 6.42 Å². The van der Waals surface area contributed by atoms with Gasteiger partial charge in [-0.2, -0.15) is 0 Å². The minimum Gasteiger partial charge on any atom is -0.507 e. The van der Waals surface area contributed by atoms with E-state index >= 15 is 0 Å². The van der Waals surface area contributed by atoms with Crippen molar-refractivity contribution in [2.45, 2.75) is 84.7 Å². The van der Waals surface area contributed by atoms with E-state index in [4.69, 9.17) is 0 Å². The van der Waals surface area contributed by atoms with E-state index in [0.717, 1.165) is 43.7 Å². The molecule has 1 aromatic rings. The maximum atomic E-state index is 14.3. The van der Waals surface area contributed by atoms with Crippen LogP contribution in [0.3, 0.4) is 0 Å². The Hall–Kier alpha value is -2.67. The molecule has 3 fully saturated rings. The Labute approximate surface area is 217 Å². The summed E-state index contributed by atoms with van der Waals surface area (Å²) in [5, 5.41) is 22.8. The molecule has 4 aliphatic carbocycles. The van der Waals surface area contributed by atoms with Crippen LogP contribution in [0.1, 0.15) is 94.1 Å². The fourth-order valence-electron chi connectivity index (χ4n) is 8.78. The van der Waals surface area contributed by atoms with Crippen molar-refractivity contribution in [2.75, 3.05) is 0 Å². The highest BCUT2D eigenvalue weighted by Crippen LogP contribution is 2.64. The van der Waals surface area contributed by atoms with E-state index in [1.54, 1.807) is 20.8 Å². The third kappa shape index (κ3) is 3.19. The van der Waals surface area contributed by atoms with Gasteiger partial charge in [-0.3, -0.25) is 24.0 Å². The van der Waals surface area contributed by atoms with E-state index in [2.05, 4.69) is 0 Å². The number of aromatic hydroxyl groups is 1. The second-order valence-corrected chi connectivity index (χ2v) is 12.8. The molecule has 198 valence electrons. The number of phenolic OH excluding ortho intramolecular Hbond substituents is 1. The second-order valence-electron chi connectivity index (χ2n) is 12.8. The van der Waals surface area contributed by atoms with Gasteiger partial charge >= 0.3 is 0 Å². The first-order valence-corrected chi connectivity index (χ1v) is 13.4. The summed E-state index contributed by atoms with van der Waals surface area (Å²) in [6.07, 6.45) is 4.58. The average molecular weight is 509 g/mol. The summed E-state index contributed by atoms with van der Waals surface area (Å²) in [5.41, 5.74) is -3.23. The number of carbonyl (C=O) groups excluding carboxylic acids is 5. The smallest absolute Gasteiger partial charge is 0.190 e. The molecule has 0 bridgehead atoms. The van der Waals surface area contributed by atoms with Crippen LogP contribution in [0.15, 0.2) is 12.1 Å². The van der Waals surface area contributed by atoms with Crippen LogP contribution in [0.4, 0.5) is 0 Å². The molecule has 0 spiro atoms. The zero-order valence-electron chi connectivity index (χ0n) is 22.2. The van der Waals surface area contributed by atoms with Gasteiger partial charge in [0.05, 0.1) is 11.5 Å². The largest absolute Gasteiger partial charge is 0.507 e. The highest BCUT2D eigenvalue weighted by molar-refractivity contribution is 6.32. The highest BCUT2D eigenvalue weighted by atomic mass is 16.3. The summed E-state index contributed by atoms with van der Waals surface area (Å²) in [6.45, 7) is 8.12. The maximum Gasteiger partial charge on any atom is 0.190 e. The molecule has 5 rings (SSSR count). The van der Waals surface area contributed by atoms with Crippen LogP contribution in [-0.2, 0) is 25.6 Å². The standard InChI is InChI=1S/C30H36O7/c1-14(2)22-24(33)20(15(3)31)26(35)30(37)27(36)23-25(34)21-18(12-28(23,4)13-29(22,30)5)17(10-11-19(21)32)16-8-6-7-9-16/h10-11,14,16,20,22-23,32,37H,6-9,12-13H2,1-5H3/t20?,22?,23?,28-,29-,30+/m1/s1. The van der Waals surface area contributed by atoms with Crippen molar-refractivity contribution >= 4 is 28.9 Å². The Morgan fingerprint density at radius 2 is 1.65 bits per heavy atom. The van der Waals surface area contributed by atoms with E-state index in [-0.39, 0.29) is 29.6 Å². The molecule has 0 aromatic heterocycles. The number of carbonyl (C=O) groups is 5. The quantitative estimate of drug-likeness (QED) is 0.596. The van der Waals surface area contributed by atoms with E-state index < -0.39 is 63.1 Å². The first-order valence-electron chi connectivity index (χ1n) is 13.4. The summed E-state index contributed by atoms with van der Waals surface area (Å²) in [6, 6.07) is 3.38. The molecule has 2 N–H and O–H groups in total. The molecule has 0 saturated heterocycles. The van der Waals surface area contributed by atoms with Crippen molar-refractivity contribution in [3.63, 3.8) is 0 Å². The van der Waals surface area contributed by atoms with Crippen molar-refractivity contribution in [3.05, 3.63) is 28.8 Å². The molecule has 0 amide bonds. The number of ketones is 5. The molecule has 0 radical (unpaired) electrons. The van der Waals surface area contributed by atoms with Gasteiger partial charge in [0.25, 0.3) is 0 Å². The van der Waals surface area contributed by atoms with Gasteiger partial charge in [0.2, 0.25) is 0 Å². The zero-order chi connectivity index (χ0) is 27.2. The number of Topliss-reactive ketones (excluding diaryl/α,β-unsaturated/α-hetero) is 5. The molecule has 1 aromatic carbocycles. The van der Waals surface area contributed by atoms with Crippen LogP contribution < -0.4 is 0 Å². The van der Waals surface area contributed by atoms with Crippen LogP contribution in [-0.4, -0.2) is 44.7 Å². The van der Waals surface area contributed by atoms with Gasteiger partial charge in [-0.1, -0.05) is 46.6 Å². The van der Waals surface area contributed by atoms with Gasteiger partial charge in [-0.05, 0) is 67.1 Å². The van der Waals surface area contributed by atoms with Crippen LogP contribution in [0.25, 0.3) is 0 Å². The molecule has 7 nitrogen and oxygen atoms in total. The van der Waals surface area contributed by atoms with Gasteiger partial charge in [-0.25, -0.2) is 0 Å². The SMILES string of the molecule is CC(=O)C1C(=O)C(C(C)C)[C@@]2(C)C[C@@]3(C)Cc4c(C5CCCC5)ccc(O)c4C(=O)C3C(=O)[C@@]2(O)C1=O. The lowest BCUT2D eigenvalue weighted by Gasteiger charge is -2.62. The topological polar surface area (TPSA) is 126 Å². The molecule has 4 aliphatic rings. The third-order valence-electron chi connectivity index (χ3n) is 10.1. The van der Waals surface area contributed by atoms with Gasteiger partial charge < -0.3 is 10.2 Å². The molecule has 3 unspecified atom stereocenters. The predicted molar refractivity (Wildman–Crippen MR) is 134 cm³/mol. The fraction of sp³-hybridized carbons (Fsp3) is 0.633. The minimum absolute atomic E-state index is 0.0861. The molecule has 37 heavy (non-hydrogen) atoms.